The van der Waals surface area contributed by atoms with Crippen molar-refractivity contribution in [3.63, 3.8) is 0 Å². The maximum atomic E-state index is 3.98. The predicted molar refractivity (Wildman–Crippen MR) is 199 cm³/mol. The van der Waals surface area contributed by atoms with Crippen LogP contribution in [0.2, 0.25) is 0 Å². The Kier molecular flexibility index (Phi) is 6.64. The van der Waals surface area contributed by atoms with Crippen LogP contribution in [0.25, 0.3) is 44.5 Å². The Morgan fingerprint density at radius 1 is 0.304 bits per heavy atom. The molecule has 9 rings (SSSR count). The van der Waals surface area contributed by atoms with Gasteiger partial charge in [0.15, 0.2) is 20.5 Å². The first-order valence-corrected chi connectivity index (χ1v) is 18.3. The molecule has 4 heteroatoms. The van der Waals surface area contributed by atoms with E-state index in [1.165, 1.54) is 76.4 Å². The van der Waals surface area contributed by atoms with Crippen LogP contribution in [0.4, 0.5) is 11.4 Å². The number of nitrogens with one attached hydrogen (secondary N) is 2. The lowest BCUT2D eigenvalue weighted by atomic mass is 9.98. The van der Waals surface area contributed by atoms with Gasteiger partial charge in [0.05, 0.1) is 11.4 Å². The van der Waals surface area contributed by atoms with Crippen molar-refractivity contribution in [2.24, 2.45) is 0 Å². The van der Waals surface area contributed by atoms with Gasteiger partial charge in [0.2, 0.25) is 0 Å². The number of para-hydroxylation sites is 2. The summed E-state index contributed by atoms with van der Waals surface area (Å²) in [5.74, 6) is 0. The summed E-state index contributed by atoms with van der Waals surface area (Å²) < 4.78 is 0. The van der Waals surface area contributed by atoms with Gasteiger partial charge in [0.25, 0.3) is 15.4 Å². The number of rotatable bonds is 4. The second-order valence-corrected chi connectivity index (χ2v) is 15.5. The monoisotopic (exact) mass is 624 g/mol. The fourth-order valence-electron chi connectivity index (χ4n) is 6.64. The molecule has 46 heavy (non-hydrogen) atoms. The van der Waals surface area contributed by atoms with Crippen molar-refractivity contribution in [1.29, 1.82) is 0 Å². The van der Waals surface area contributed by atoms with Gasteiger partial charge in [-0.15, -0.1) is 0 Å². The molecule has 216 valence electrons. The molecule has 2 aliphatic heterocycles. The molecule has 2 unspecified atom stereocenters. The van der Waals surface area contributed by atoms with Crippen LogP contribution in [0, 0.1) is 9.88 Å². The van der Waals surface area contributed by atoms with Crippen molar-refractivity contribution < 1.29 is 0 Å². The Labute approximate surface area is 270 Å². The largest absolute Gasteiger partial charge is 0.256 e. The minimum Gasteiger partial charge on any atom is -0.207 e. The van der Waals surface area contributed by atoms with E-state index in [2.05, 4.69) is 180 Å². The van der Waals surface area contributed by atoms with Crippen molar-refractivity contribution in [2.75, 3.05) is 10.2 Å². The summed E-state index contributed by atoms with van der Waals surface area (Å²) in [7, 11) is -1.63. The highest BCUT2D eigenvalue weighted by molar-refractivity contribution is 7.60. The molecule has 0 amide bonds. The van der Waals surface area contributed by atoms with Crippen molar-refractivity contribution in [2.45, 2.75) is 0 Å². The molecule has 2 atom stereocenters. The van der Waals surface area contributed by atoms with Crippen molar-refractivity contribution in [1.82, 2.24) is 0 Å². The van der Waals surface area contributed by atoms with Crippen molar-refractivity contribution in [3.8, 4) is 44.5 Å². The minimum absolute atomic E-state index is 0.817. The number of benzene rings is 7. The lowest BCUT2D eigenvalue weighted by Gasteiger charge is -2.18. The van der Waals surface area contributed by atoms with Gasteiger partial charge in [-0.3, -0.25) is 0 Å². The summed E-state index contributed by atoms with van der Waals surface area (Å²) in [6.45, 7) is 0. The van der Waals surface area contributed by atoms with Gasteiger partial charge in [-0.2, -0.15) is 0 Å². The molecule has 2 aliphatic rings. The van der Waals surface area contributed by atoms with E-state index in [1.807, 2.05) is 0 Å². The van der Waals surface area contributed by atoms with E-state index in [0.717, 1.165) is 0 Å². The Morgan fingerprint density at radius 2 is 0.652 bits per heavy atom. The molecule has 0 saturated heterocycles. The molecule has 2 N–H and O–H groups in total. The van der Waals surface area contributed by atoms with Crippen molar-refractivity contribution in [3.05, 3.63) is 180 Å². The van der Waals surface area contributed by atoms with Gasteiger partial charge in [-0.1, -0.05) is 97.1 Å². The molecule has 2 nitrogen and oxygen atoms in total. The molecule has 0 spiro atoms. The van der Waals surface area contributed by atoms with Crippen LogP contribution >= 0.6 is 15.4 Å². The van der Waals surface area contributed by atoms with E-state index in [4.69, 9.17) is 0 Å². The molecular weight excluding hydrogens is 594 g/mol. The van der Waals surface area contributed by atoms with Crippen LogP contribution < -0.4 is 20.8 Å². The lowest BCUT2D eigenvalue weighted by molar-refractivity contribution is 1.51. The first-order valence-electron chi connectivity index (χ1n) is 15.6. The summed E-state index contributed by atoms with van der Waals surface area (Å²) in [6.07, 6.45) is 0. The molecule has 0 aromatic heterocycles. The molecule has 2 heterocycles. The molecule has 0 saturated carbocycles. The van der Waals surface area contributed by atoms with E-state index in [0.29, 0.717) is 0 Å². The number of hydrogen-bond acceptors (Lipinski definition) is 2. The third-order valence-corrected chi connectivity index (χ3v) is 13.2. The quantitative estimate of drug-likeness (QED) is 0.190. The number of hydrogen-bond donors (Lipinski definition) is 2. The SMILES string of the molecule is c1ccc(-c2ccc([P+]3=c4cc5c(cc4-c4ccccc4N3)=[P+](c3ccc(-c4ccccc4)cc3)Nc3ccccc3-5)cc2)cc1. The van der Waals surface area contributed by atoms with E-state index in [1.54, 1.807) is 0 Å². The summed E-state index contributed by atoms with van der Waals surface area (Å²) >= 11 is 0. The first-order chi connectivity index (χ1) is 22.8. The average Bonchev–Trinajstić information content (AvgIpc) is 3.14. The molecule has 0 fully saturated rings. The van der Waals surface area contributed by atoms with E-state index >= 15 is 0 Å². The Bertz CT molecular complexity index is 2210. The summed E-state index contributed by atoms with van der Waals surface area (Å²) in [5.41, 5.74) is 12.6. The summed E-state index contributed by atoms with van der Waals surface area (Å²) in [4.78, 5) is 2.76. The maximum Gasteiger partial charge on any atom is 0.256 e. The van der Waals surface area contributed by atoms with Crippen molar-refractivity contribution >= 4 is 37.4 Å². The van der Waals surface area contributed by atoms with Crippen LogP contribution in [0.1, 0.15) is 0 Å². The van der Waals surface area contributed by atoms with Crippen LogP contribution in [0.3, 0.4) is 0 Å². The zero-order valence-corrected chi connectivity index (χ0v) is 26.8. The maximum absolute atomic E-state index is 3.98. The predicted octanol–water partition coefficient (Wildman–Crippen LogP) is 11.2. The number of fused-ring (bicyclic) bond motifs is 6. The average molecular weight is 625 g/mol. The molecular formula is C42H30N2P2+2. The van der Waals surface area contributed by atoms with Crippen LogP contribution in [-0.2, 0) is 0 Å². The third-order valence-electron chi connectivity index (χ3n) is 8.96. The molecule has 0 aliphatic carbocycles. The fourth-order valence-corrected chi connectivity index (χ4v) is 10.8. The highest BCUT2D eigenvalue weighted by atomic mass is 31.1. The van der Waals surface area contributed by atoms with Crippen LogP contribution in [0.15, 0.2) is 170 Å². The third kappa shape index (κ3) is 4.67. The molecule has 0 radical (unpaired) electrons. The van der Waals surface area contributed by atoms with Gasteiger partial charge in [-0.05, 0) is 82.9 Å². The highest BCUT2D eigenvalue weighted by Gasteiger charge is 2.32. The highest BCUT2D eigenvalue weighted by Crippen LogP contribution is 2.49. The van der Waals surface area contributed by atoms with Crippen LogP contribution in [0.5, 0.6) is 0 Å². The Balaban J connectivity index is 1.28. The van der Waals surface area contributed by atoms with Crippen LogP contribution in [-0.4, -0.2) is 0 Å². The van der Waals surface area contributed by atoms with Gasteiger partial charge in [-0.25, -0.2) is 10.2 Å². The molecule has 7 aromatic rings. The van der Waals surface area contributed by atoms with Gasteiger partial charge < -0.3 is 0 Å². The second-order valence-electron chi connectivity index (χ2n) is 11.7. The van der Waals surface area contributed by atoms with Gasteiger partial charge in [0, 0.05) is 34.4 Å². The van der Waals surface area contributed by atoms with E-state index in [9.17, 15) is 0 Å². The first kappa shape index (κ1) is 27.1. The van der Waals surface area contributed by atoms with Gasteiger partial charge in [0.1, 0.15) is 0 Å². The van der Waals surface area contributed by atoms with Gasteiger partial charge >= 0.3 is 0 Å². The van der Waals surface area contributed by atoms with E-state index in [-0.39, 0.29) is 0 Å². The number of anilines is 2. The zero-order chi connectivity index (χ0) is 30.5. The normalized spacial score (nSPS) is 14.2. The molecule has 0 bridgehead atoms. The molecule has 7 aromatic carbocycles. The fraction of sp³-hybridized carbons (Fsp3) is 0. The topological polar surface area (TPSA) is 24.1 Å². The standard InChI is InChI=1S/C42H30N2P2/c1-3-11-29(12-4-1)31-19-23-33(24-20-31)45-41-27-38-36-16-8-10-18-40(36)44-46(34-25-21-32(22-26-34)30-13-5-2-6-14-30)42(38)28-37(41)35-15-7-9-17-39(35)43-45/h1-28,43-44H/q+2. The summed E-state index contributed by atoms with van der Waals surface area (Å²) in [5, 5.41) is 10.6. The Morgan fingerprint density at radius 3 is 1.07 bits per heavy atom. The Hall–Kier alpha value is -5.26. The zero-order valence-electron chi connectivity index (χ0n) is 25.1. The minimum atomic E-state index is -0.817. The lowest BCUT2D eigenvalue weighted by Crippen LogP contribution is -2.10. The summed E-state index contributed by atoms with van der Waals surface area (Å²) in [6, 6.07) is 62.2. The second kappa shape index (κ2) is 11.3. The van der Waals surface area contributed by atoms with E-state index < -0.39 is 15.4 Å². The smallest absolute Gasteiger partial charge is 0.207 e.